The molecule has 1 nitrogen and oxygen atoms in total. The number of fused-ring (bicyclic) bond motifs is 1. The molecular formula is C14H21N. The van der Waals surface area contributed by atoms with Crippen LogP contribution < -0.4 is 0 Å². The van der Waals surface area contributed by atoms with Crippen molar-refractivity contribution in [3.63, 3.8) is 0 Å². The fourth-order valence-electron chi connectivity index (χ4n) is 2.50. The van der Waals surface area contributed by atoms with E-state index in [2.05, 4.69) is 37.1 Å². The standard InChI is InChI=1S/C14H21N/c1-12-7-6-8-13-11-15(2)10-5-3-4-9-14(12)13/h6-8H,3-5,9-11H2,1-2H3. The summed E-state index contributed by atoms with van der Waals surface area (Å²) in [5.74, 6) is 0. The van der Waals surface area contributed by atoms with E-state index < -0.39 is 0 Å². The Balaban J connectivity index is 2.29. The van der Waals surface area contributed by atoms with Crippen LogP contribution in [0, 0.1) is 6.92 Å². The van der Waals surface area contributed by atoms with Gasteiger partial charge in [-0.2, -0.15) is 0 Å². The monoisotopic (exact) mass is 203 g/mol. The molecule has 0 bridgehead atoms. The van der Waals surface area contributed by atoms with Crippen LogP contribution in [0.3, 0.4) is 0 Å². The second kappa shape index (κ2) is 4.80. The largest absolute Gasteiger partial charge is 0.302 e. The van der Waals surface area contributed by atoms with Crippen LogP contribution in [0.5, 0.6) is 0 Å². The average Bonchev–Trinajstić information content (AvgIpc) is 2.28. The van der Waals surface area contributed by atoms with Crippen molar-refractivity contribution in [2.45, 2.75) is 39.2 Å². The number of hydrogen-bond acceptors (Lipinski definition) is 1. The van der Waals surface area contributed by atoms with Crippen LogP contribution in [0.25, 0.3) is 0 Å². The maximum atomic E-state index is 2.45. The van der Waals surface area contributed by atoms with Crippen molar-refractivity contribution in [3.8, 4) is 0 Å². The second-order valence-corrected chi connectivity index (χ2v) is 4.76. The van der Waals surface area contributed by atoms with Crippen LogP contribution in [0.4, 0.5) is 0 Å². The summed E-state index contributed by atoms with van der Waals surface area (Å²) in [6.07, 6.45) is 5.35. The highest BCUT2D eigenvalue weighted by molar-refractivity contribution is 5.34. The molecule has 1 heterocycles. The summed E-state index contributed by atoms with van der Waals surface area (Å²) in [6.45, 7) is 4.61. The summed E-state index contributed by atoms with van der Waals surface area (Å²) in [7, 11) is 2.23. The summed E-state index contributed by atoms with van der Waals surface area (Å²) in [5.41, 5.74) is 4.62. The van der Waals surface area contributed by atoms with Gasteiger partial charge in [-0.25, -0.2) is 0 Å². The Morgan fingerprint density at radius 3 is 2.87 bits per heavy atom. The molecular weight excluding hydrogens is 182 g/mol. The van der Waals surface area contributed by atoms with Gasteiger partial charge in [-0.1, -0.05) is 24.6 Å². The summed E-state index contributed by atoms with van der Waals surface area (Å²) in [6, 6.07) is 6.74. The van der Waals surface area contributed by atoms with Gasteiger partial charge in [0.25, 0.3) is 0 Å². The summed E-state index contributed by atoms with van der Waals surface area (Å²) < 4.78 is 0. The molecule has 0 saturated heterocycles. The Morgan fingerprint density at radius 1 is 1.13 bits per heavy atom. The zero-order chi connectivity index (χ0) is 10.7. The van der Waals surface area contributed by atoms with Gasteiger partial charge in [-0.3, -0.25) is 0 Å². The fraction of sp³-hybridized carbons (Fsp3) is 0.571. The minimum absolute atomic E-state index is 1.12. The van der Waals surface area contributed by atoms with Crippen molar-refractivity contribution in [3.05, 3.63) is 34.9 Å². The van der Waals surface area contributed by atoms with Gasteiger partial charge in [0.2, 0.25) is 0 Å². The van der Waals surface area contributed by atoms with E-state index >= 15 is 0 Å². The van der Waals surface area contributed by atoms with Gasteiger partial charge in [-0.15, -0.1) is 0 Å². The predicted molar refractivity (Wildman–Crippen MR) is 65.1 cm³/mol. The minimum Gasteiger partial charge on any atom is -0.302 e. The topological polar surface area (TPSA) is 3.24 Å². The summed E-state index contributed by atoms with van der Waals surface area (Å²) >= 11 is 0. The lowest BCUT2D eigenvalue weighted by molar-refractivity contribution is 0.320. The Labute approximate surface area is 93.1 Å². The third-order valence-corrected chi connectivity index (χ3v) is 3.41. The number of benzene rings is 1. The first kappa shape index (κ1) is 10.7. The maximum Gasteiger partial charge on any atom is 0.0233 e. The van der Waals surface area contributed by atoms with Gasteiger partial charge in [0.05, 0.1) is 0 Å². The lowest BCUT2D eigenvalue weighted by Crippen LogP contribution is -2.19. The highest BCUT2D eigenvalue weighted by Gasteiger charge is 2.10. The molecule has 0 spiro atoms. The number of rotatable bonds is 0. The van der Waals surface area contributed by atoms with Crippen LogP contribution in [-0.4, -0.2) is 18.5 Å². The smallest absolute Gasteiger partial charge is 0.0233 e. The van der Waals surface area contributed by atoms with Gasteiger partial charge in [0, 0.05) is 6.54 Å². The maximum absolute atomic E-state index is 2.45. The molecule has 82 valence electrons. The Morgan fingerprint density at radius 2 is 2.00 bits per heavy atom. The van der Waals surface area contributed by atoms with E-state index in [1.165, 1.54) is 37.8 Å². The number of hydrogen-bond donors (Lipinski definition) is 0. The van der Waals surface area contributed by atoms with Crippen LogP contribution in [-0.2, 0) is 13.0 Å². The quantitative estimate of drug-likeness (QED) is 0.626. The lowest BCUT2D eigenvalue weighted by Gasteiger charge is -2.17. The molecule has 1 aromatic carbocycles. The third-order valence-electron chi connectivity index (χ3n) is 3.41. The lowest BCUT2D eigenvalue weighted by atomic mass is 9.97. The van der Waals surface area contributed by atoms with E-state index in [0.717, 1.165) is 6.54 Å². The molecule has 1 aliphatic heterocycles. The van der Waals surface area contributed by atoms with Gasteiger partial charge in [-0.05, 0) is 56.5 Å². The predicted octanol–water partition coefficient (Wildman–Crippen LogP) is 3.15. The highest BCUT2D eigenvalue weighted by Crippen LogP contribution is 2.20. The van der Waals surface area contributed by atoms with Gasteiger partial charge in [0.15, 0.2) is 0 Å². The molecule has 0 radical (unpaired) electrons. The van der Waals surface area contributed by atoms with Crippen molar-refractivity contribution >= 4 is 0 Å². The molecule has 0 amide bonds. The first-order chi connectivity index (χ1) is 7.27. The molecule has 0 aliphatic carbocycles. The molecule has 0 saturated carbocycles. The van der Waals surface area contributed by atoms with Crippen LogP contribution >= 0.6 is 0 Å². The van der Waals surface area contributed by atoms with Crippen molar-refractivity contribution in [2.75, 3.05) is 13.6 Å². The van der Waals surface area contributed by atoms with Gasteiger partial charge >= 0.3 is 0 Å². The van der Waals surface area contributed by atoms with E-state index in [-0.39, 0.29) is 0 Å². The Bertz CT molecular complexity index is 330. The average molecular weight is 203 g/mol. The summed E-state index contributed by atoms with van der Waals surface area (Å²) in [4.78, 5) is 2.45. The van der Waals surface area contributed by atoms with Gasteiger partial charge < -0.3 is 4.90 Å². The van der Waals surface area contributed by atoms with Crippen LogP contribution in [0.1, 0.15) is 36.0 Å². The Kier molecular flexibility index (Phi) is 3.42. The van der Waals surface area contributed by atoms with Crippen molar-refractivity contribution < 1.29 is 0 Å². The first-order valence-corrected chi connectivity index (χ1v) is 6.03. The molecule has 0 atom stereocenters. The highest BCUT2D eigenvalue weighted by atomic mass is 15.1. The molecule has 15 heavy (non-hydrogen) atoms. The fourth-order valence-corrected chi connectivity index (χ4v) is 2.50. The summed E-state index contributed by atoms with van der Waals surface area (Å²) in [5, 5.41) is 0. The van der Waals surface area contributed by atoms with Gasteiger partial charge in [0.1, 0.15) is 0 Å². The Hall–Kier alpha value is -0.820. The molecule has 0 N–H and O–H groups in total. The normalized spacial score (nSPS) is 18.8. The molecule has 1 aromatic rings. The zero-order valence-corrected chi connectivity index (χ0v) is 9.92. The van der Waals surface area contributed by atoms with Crippen molar-refractivity contribution in [1.82, 2.24) is 4.90 Å². The zero-order valence-electron chi connectivity index (χ0n) is 9.92. The van der Waals surface area contributed by atoms with Crippen molar-refractivity contribution in [1.29, 1.82) is 0 Å². The van der Waals surface area contributed by atoms with Crippen LogP contribution in [0.2, 0.25) is 0 Å². The van der Waals surface area contributed by atoms with E-state index in [1.807, 2.05) is 0 Å². The second-order valence-electron chi connectivity index (χ2n) is 4.76. The SMILES string of the molecule is Cc1cccc2c1CCCCCN(C)C2. The molecule has 2 rings (SSSR count). The third kappa shape index (κ3) is 2.60. The molecule has 0 fully saturated rings. The molecule has 0 unspecified atom stereocenters. The number of nitrogens with zero attached hydrogens (tertiary/aromatic N) is 1. The van der Waals surface area contributed by atoms with Crippen LogP contribution in [0.15, 0.2) is 18.2 Å². The van der Waals surface area contributed by atoms with E-state index in [9.17, 15) is 0 Å². The van der Waals surface area contributed by atoms with E-state index in [0.29, 0.717) is 0 Å². The van der Waals surface area contributed by atoms with E-state index in [1.54, 1.807) is 11.1 Å². The van der Waals surface area contributed by atoms with Crippen molar-refractivity contribution in [2.24, 2.45) is 0 Å². The molecule has 0 aromatic heterocycles. The minimum atomic E-state index is 1.12. The number of aryl methyl sites for hydroxylation is 1. The van der Waals surface area contributed by atoms with E-state index in [4.69, 9.17) is 0 Å². The first-order valence-electron chi connectivity index (χ1n) is 6.03. The molecule has 1 aliphatic rings. The molecule has 1 heteroatoms.